The van der Waals surface area contributed by atoms with E-state index in [0.29, 0.717) is 0 Å². The van der Waals surface area contributed by atoms with Crippen molar-refractivity contribution in [3.8, 4) is 0 Å². The van der Waals surface area contributed by atoms with Crippen molar-refractivity contribution in [3.05, 3.63) is 35.1 Å². The molecule has 1 aromatic rings. The Kier molecular flexibility index (Phi) is 5.69. The Labute approximate surface area is 157 Å². The third kappa shape index (κ3) is 4.16. The summed E-state index contributed by atoms with van der Waals surface area (Å²) in [7, 11) is 0. The Morgan fingerprint density at radius 3 is 2.43 bits per heavy atom. The number of carbonyl (C=O) groups excluding carboxylic acids is 3. The summed E-state index contributed by atoms with van der Waals surface area (Å²) in [4.78, 5) is 39.1. The van der Waals surface area contributed by atoms with Gasteiger partial charge in [-0.25, -0.2) is 9.18 Å². The average molecular weight is 402 g/mol. The van der Waals surface area contributed by atoms with E-state index in [1.807, 2.05) is 0 Å². The lowest BCUT2D eigenvalue weighted by Crippen LogP contribution is -2.47. The van der Waals surface area contributed by atoms with Crippen LogP contribution in [-0.4, -0.2) is 42.1 Å². The van der Waals surface area contributed by atoms with Gasteiger partial charge in [0.25, 0.3) is 11.8 Å². The topological polar surface area (TPSA) is 75.7 Å². The van der Waals surface area contributed by atoms with Crippen LogP contribution in [0.25, 0.3) is 0 Å². The summed E-state index contributed by atoms with van der Waals surface area (Å²) < 4.78 is 51.8. The van der Waals surface area contributed by atoms with Crippen molar-refractivity contribution in [1.29, 1.82) is 0 Å². The van der Waals surface area contributed by atoms with Crippen molar-refractivity contribution in [3.63, 3.8) is 0 Å². The lowest BCUT2D eigenvalue weighted by Gasteiger charge is -2.29. The van der Waals surface area contributed by atoms with E-state index in [1.165, 1.54) is 12.1 Å². The van der Waals surface area contributed by atoms with Crippen molar-refractivity contribution in [1.82, 2.24) is 10.4 Å². The number of nitrogens with one attached hydrogen (secondary N) is 1. The zero-order chi connectivity index (χ0) is 20.5. The minimum atomic E-state index is -5.37. The largest absolute Gasteiger partial charge is 0.493 e. The van der Waals surface area contributed by atoms with Crippen molar-refractivity contribution in [2.45, 2.75) is 43.7 Å². The number of hydrogen-bond donors (Lipinski definition) is 1. The third-order valence-corrected chi connectivity index (χ3v) is 4.99. The molecule has 3 rings (SSSR count). The maximum Gasteiger partial charge on any atom is 0.493 e. The summed E-state index contributed by atoms with van der Waals surface area (Å²) in [6.07, 6.45) is -4.11. The molecule has 2 amide bonds. The molecule has 2 fully saturated rings. The lowest BCUT2D eigenvalue weighted by atomic mass is 9.86. The molecule has 1 atom stereocenters. The van der Waals surface area contributed by atoms with Crippen molar-refractivity contribution in [2.75, 3.05) is 13.1 Å². The number of carbonyl (C=O) groups is 3. The van der Waals surface area contributed by atoms with Gasteiger partial charge in [0.1, 0.15) is 5.82 Å². The van der Waals surface area contributed by atoms with Crippen LogP contribution in [0.3, 0.4) is 0 Å². The summed E-state index contributed by atoms with van der Waals surface area (Å²) in [6, 6.07) is 4.42. The molecule has 2 aliphatic heterocycles. The van der Waals surface area contributed by atoms with Gasteiger partial charge in [0, 0.05) is 12.0 Å². The summed E-state index contributed by atoms with van der Waals surface area (Å²) in [6.45, 7) is 1.63. The zero-order valence-corrected chi connectivity index (χ0v) is 14.7. The predicted octanol–water partition coefficient (Wildman–Crippen LogP) is 2.55. The maximum absolute atomic E-state index is 14.7. The van der Waals surface area contributed by atoms with Crippen LogP contribution in [0.15, 0.2) is 18.2 Å². The molecular formula is C18H18F4N2O4. The molecule has 152 valence electrons. The quantitative estimate of drug-likeness (QED) is 0.621. The molecule has 1 unspecified atom stereocenters. The second-order valence-electron chi connectivity index (χ2n) is 6.80. The fraction of sp³-hybridized carbons (Fsp3) is 0.500. The average Bonchev–Trinajstić information content (AvgIpc) is 2.65. The first kappa shape index (κ1) is 20.2. The summed E-state index contributed by atoms with van der Waals surface area (Å²) in [5, 5.41) is 3.00. The molecule has 10 heteroatoms. The molecule has 0 aliphatic carbocycles. The second kappa shape index (κ2) is 7.86. The normalized spacial score (nSPS) is 21.7. The monoisotopic (exact) mass is 402 g/mol. The van der Waals surface area contributed by atoms with Crippen LogP contribution in [0, 0.1) is 5.82 Å². The number of imide groups is 1. The van der Waals surface area contributed by atoms with E-state index in [2.05, 4.69) is 10.2 Å². The molecule has 28 heavy (non-hydrogen) atoms. The minimum absolute atomic E-state index is 0.0387. The Hall–Kier alpha value is -2.49. The molecule has 0 saturated carbocycles. The Morgan fingerprint density at radius 1 is 1.14 bits per heavy atom. The highest BCUT2D eigenvalue weighted by molar-refractivity contribution is 6.01. The maximum atomic E-state index is 14.7. The van der Waals surface area contributed by atoms with Gasteiger partial charge >= 0.3 is 12.1 Å². The Balaban J connectivity index is 1.79. The minimum Gasteiger partial charge on any atom is -0.322 e. The molecule has 0 radical (unpaired) electrons. The van der Waals surface area contributed by atoms with Crippen molar-refractivity contribution >= 4 is 17.8 Å². The fourth-order valence-electron chi connectivity index (χ4n) is 3.51. The van der Waals surface area contributed by atoms with Crippen LogP contribution >= 0.6 is 0 Å². The molecule has 6 nitrogen and oxygen atoms in total. The molecule has 0 aromatic heterocycles. The smallest absolute Gasteiger partial charge is 0.322 e. The number of benzene rings is 1. The summed E-state index contributed by atoms with van der Waals surface area (Å²) >= 11 is 0. The SMILES string of the molecule is O=C1CCC(c2ccc(C3CCNCC3)cc2F)C(=O)N1OC(=O)C(F)(F)F. The molecule has 1 N–H and O–H groups in total. The second-order valence-corrected chi connectivity index (χ2v) is 6.80. The first-order valence-corrected chi connectivity index (χ1v) is 8.84. The number of amides is 2. The summed E-state index contributed by atoms with van der Waals surface area (Å²) in [5.74, 6) is -6.66. The third-order valence-electron chi connectivity index (χ3n) is 4.99. The number of alkyl halides is 3. The van der Waals surface area contributed by atoms with E-state index in [9.17, 15) is 31.9 Å². The molecule has 2 aliphatic rings. The number of hydrogen-bond acceptors (Lipinski definition) is 5. The van der Waals surface area contributed by atoms with Crippen LogP contribution in [0.1, 0.15) is 48.6 Å². The highest BCUT2D eigenvalue weighted by Gasteiger charge is 2.47. The van der Waals surface area contributed by atoms with Gasteiger partial charge in [-0.05, 0) is 49.9 Å². The molecular weight excluding hydrogens is 384 g/mol. The van der Waals surface area contributed by atoms with Crippen molar-refractivity contribution in [2.24, 2.45) is 0 Å². The van der Waals surface area contributed by atoms with Gasteiger partial charge in [0.2, 0.25) is 0 Å². The number of rotatable bonds is 3. The number of nitrogens with zero attached hydrogens (tertiary/aromatic N) is 1. The molecule has 2 saturated heterocycles. The van der Waals surface area contributed by atoms with Crippen LogP contribution in [0.4, 0.5) is 17.6 Å². The molecule has 1 aromatic carbocycles. The van der Waals surface area contributed by atoms with E-state index < -0.39 is 35.7 Å². The predicted molar refractivity (Wildman–Crippen MR) is 87.2 cm³/mol. The molecule has 0 bridgehead atoms. The number of hydroxylamine groups is 2. The van der Waals surface area contributed by atoms with E-state index in [-0.39, 0.29) is 29.4 Å². The first-order chi connectivity index (χ1) is 13.2. The highest BCUT2D eigenvalue weighted by Crippen LogP contribution is 2.34. The standard InChI is InChI=1S/C18H18F4N2O4/c19-14-9-11(10-5-7-23-8-6-10)1-2-12(14)13-3-4-15(25)24(16(13)26)28-17(27)18(20,21)22/h1-2,9-10,13,23H,3-8H2. The van der Waals surface area contributed by atoms with E-state index in [1.54, 1.807) is 6.07 Å². The van der Waals surface area contributed by atoms with Crippen LogP contribution < -0.4 is 5.32 Å². The van der Waals surface area contributed by atoms with Crippen molar-refractivity contribution < 1.29 is 36.8 Å². The van der Waals surface area contributed by atoms with E-state index in [0.717, 1.165) is 31.5 Å². The van der Waals surface area contributed by atoms with Gasteiger partial charge in [-0.2, -0.15) is 13.2 Å². The van der Waals surface area contributed by atoms with Gasteiger partial charge in [0.05, 0.1) is 5.92 Å². The van der Waals surface area contributed by atoms with Gasteiger partial charge in [-0.3, -0.25) is 9.59 Å². The van der Waals surface area contributed by atoms with Gasteiger partial charge in [-0.1, -0.05) is 12.1 Å². The van der Waals surface area contributed by atoms with E-state index >= 15 is 0 Å². The highest BCUT2D eigenvalue weighted by atomic mass is 19.4. The van der Waals surface area contributed by atoms with Gasteiger partial charge < -0.3 is 10.2 Å². The lowest BCUT2D eigenvalue weighted by molar-refractivity contribution is -0.237. The fourth-order valence-corrected chi connectivity index (χ4v) is 3.51. The first-order valence-electron chi connectivity index (χ1n) is 8.84. The van der Waals surface area contributed by atoms with E-state index in [4.69, 9.17) is 0 Å². The summed E-state index contributed by atoms with van der Waals surface area (Å²) in [5.41, 5.74) is 0.741. The number of halogens is 4. The Morgan fingerprint density at radius 2 is 1.82 bits per heavy atom. The van der Waals surface area contributed by atoms with Gasteiger partial charge in [-0.15, -0.1) is 5.06 Å². The van der Waals surface area contributed by atoms with Gasteiger partial charge in [0.15, 0.2) is 0 Å². The van der Waals surface area contributed by atoms with Crippen LogP contribution in [0.5, 0.6) is 0 Å². The Bertz CT molecular complexity index is 790. The van der Waals surface area contributed by atoms with Crippen LogP contribution in [0.2, 0.25) is 0 Å². The molecule has 0 spiro atoms. The molecule has 2 heterocycles. The van der Waals surface area contributed by atoms with Crippen LogP contribution in [-0.2, 0) is 19.2 Å². The zero-order valence-electron chi connectivity index (χ0n) is 14.7. The number of piperidine rings is 2.